The molecule has 3 aromatic rings. The van der Waals surface area contributed by atoms with Crippen LogP contribution < -0.4 is 5.32 Å². The molecule has 1 atom stereocenters. The van der Waals surface area contributed by atoms with Gasteiger partial charge < -0.3 is 10.2 Å². The van der Waals surface area contributed by atoms with Gasteiger partial charge in [-0.2, -0.15) is 5.10 Å². The van der Waals surface area contributed by atoms with Crippen LogP contribution in [-0.2, 0) is 10.3 Å². The zero-order valence-corrected chi connectivity index (χ0v) is 16.9. The quantitative estimate of drug-likeness (QED) is 0.698. The molecule has 1 saturated heterocycles. The molecule has 0 radical (unpaired) electrons. The number of carbonyl (C=O) groups is 1. The van der Waals surface area contributed by atoms with Gasteiger partial charge in [-0.05, 0) is 42.2 Å². The van der Waals surface area contributed by atoms with Crippen molar-refractivity contribution >= 4 is 27.3 Å². The van der Waals surface area contributed by atoms with E-state index >= 15 is 0 Å². The highest BCUT2D eigenvalue weighted by Gasteiger charge is 2.39. The molecular weight excluding hydrogens is 356 g/mol. The van der Waals surface area contributed by atoms with Gasteiger partial charge in [-0.1, -0.05) is 25.1 Å². The van der Waals surface area contributed by atoms with E-state index in [1.165, 1.54) is 26.8 Å². The van der Waals surface area contributed by atoms with Crippen LogP contribution in [0.2, 0.25) is 0 Å². The number of amides is 1. The Morgan fingerprint density at radius 2 is 2.22 bits per heavy atom. The van der Waals surface area contributed by atoms with Crippen LogP contribution in [-0.4, -0.2) is 28.1 Å². The van der Waals surface area contributed by atoms with Gasteiger partial charge in [0, 0.05) is 29.1 Å². The molecule has 3 heterocycles. The molecule has 0 unspecified atom stereocenters. The summed E-state index contributed by atoms with van der Waals surface area (Å²) in [7, 11) is 1.85. The zero-order chi connectivity index (χ0) is 19.2. The predicted molar refractivity (Wildman–Crippen MR) is 110 cm³/mol. The van der Waals surface area contributed by atoms with Crippen molar-refractivity contribution in [3.63, 3.8) is 0 Å². The van der Waals surface area contributed by atoms with Gasteiger partial charge in [0.15, 0.2) is 0 Å². The first kappa shape index (κ1) is 17.8. The number of allylic oxidation sites excluding steroid dienone is 1. The number of nitrogens with zero attached hydrogens (tertiary/aromatic N) is 2. The van der Waals surface area contributed by atoms with Gasteiger partial charge in [0.05, 0.1) is 18.2 Å². The van der Waals surface area contributed by atoms with Gasteiger partial charge >= 0.3 is 0 Å². The lowest BCUT2D eigenvalue weighted by molar-refractivity contribution is -0.132. The second kappa shape index (κ2) is 6.53. The van der Waals surface area contributed by atoms with Crippen LogP contribution in [0.3, 0.4) is 0 Å². The van der Waals surface area contributed by atoms with E-state index < -0.39 is 5.54 Å². The van der Waals surface area contributed by atoms with Crippen LogP contribution in [0.25, 0.3) is 21.2 Å². The third-order valence-corrected chi connectivity index (χ3v) is 6.58. The Labute approximate surface area is 163 Å². The minimum absolute atomic E-state index is 0.143. The Morgan fingerprint density at radius 3 is 2.93 bits per heavy atom. The summed E-state index contributed by atoms with van der Waals surface area (Å²) in [5.41, 5.74) is 4.18. The van der Waals surface area contributed by atoms with Gasteiger partial charge in [-0.3, -0.25) is 9.89 Å². The van der Waals surface area contributed by atoms with E-state index in [9.17, 15) is 4.79 Å². The summed E-state index contributed by atoms with van der Waals surface area (Å²) in [6.45, 7) is 6.33. The second-order valence-corrected chi connectivity index (χ2v) is 8.27. The standard InChI is InChI=1S/C21H24N4OS/c1-5-13(2)20-24-21(3,9-18(26)25(20)4)17-12-27-19-15(7-6-8-16(17)19)14-10-22-23-11-14/h6-8,10-12,24H,5,9H2,1-4H3,(H,22,23)/b20-13+/t21-/m0/s1. The molecule has 4 rings (SSSR count). The molecule has 0 spiro atoms. The molecule has 140 valence electrons. The fraction of sp³-hybridized carbons (Fsp3) is 0.333. The third-order valence-electron chi connectivity index (χ3n) is 5.55. The summed E-state index contributed by atoms with van der Waals surface area (Å²) in [6, 6.07) is 6.35. The first-order chi connectivity index (χ1) is 12.9. The van der Waals surface area contributed by atoms with Crippen LogP contribution in [0.1, 0.15) is 39.2 Å². The summed E-state index contributed by atoms with van der Waals surface area (Å²) in [5, 5.41) is 14.0. The fourth-order valence-electron chi connectivity index (χ4n) is 3.77. The lowest BCUT2D eigenvalue weighted by Gasteiger charge is -2.42. The van der Waals surface area contributed by atoms with E-state index in [1.807, 2.05) is 19.4 Å². The van der Waals surface area contributed by atoms with E-state index in [0.717, 1.165) is 17.8 Å². The molecule has 6 heteroatoms. The van der Waals surface area contributed by atoms with Crippen LogP contribution >= 0.6 is 11.3 Å². The van der Waals surface area contributed by atoms with Crippen molar-refractivity contribution in [1.82, 2.24) is 20.4 Å². The molecular formula is C21H24N4OS. The first-order valence-corrected chi connectivity index (χ1v) is 10.1. The maximum absolute atomic E-state index is 12.8. The average Bonchev–Trinajstić information content (AvgIpc) is 3.33. The summed E-state index contributed by atoms with van der Waals surface area (Å²) in [4.78, 5) is 14.5. The highest BCUT2D eigenvalue weighted by atomic mass is 32.1. The molecule has 0 aliphatic carbocycles. The number of carbonyl (C=O) groups excluding carboxylic acids is 1. The number of aromatic amines is 1. The summed E-state index contributed by atoms with van der Waals surface area (Å²) >= 11 is 1.73. The normalized spacial score (nSPS) is 22.2. The number of rotatable bonds is 3. The van der Waals surface area contributed by atoms with Crippen molar-refractivity contribution in [2.75, 3.05) is 7.05 Å². The van der Waals surface area contributed by atoms with Crippen LogP contribution in [0.5, 0.6) is 0 Å². The Morgan fingerprint density at radius 1 is 1.41 bits per heavy atom. The molecule has 2 N–H and O–H groups in total. The fourth-order valence-corrected chi connectivity index (χ4v) is 5.01. The number of fused-ring (bicyclic) bond motifs is 1. The van der Waals surface area contributed by atoms with E-state index in [-0.39, 0.29) is 5.91 Å². The lowest BCUT2D eigenvalue weighted by Crippen LogP contribution is -2.53. The Hall–Kier alpha value is -2.60. The van der Waals surface area contributed by atoms with Gasteiger partial charge in [0.1, 0.15) is 5.82 Å². The minimum Gasteiger partial charge on any atom is -0.362 e. The summed E-state index contributed by atoms with van der Waals surface area (Å²) < 4.78 is 1.22. The number of hydrogen-bond acceptors (Lipinski definition) is 4. The van der Waals surface area contributed by atoms with Gasteiger partial charge in [0.25, 0.3) is 0 Å². The van der Waals surface area contributed by atoms with E-state index in [4.69, 9.17) is 0 Å². The minimum atomic E-state index is -0.428. The number of thiophene rings is 1. The summed E-state index contributed by atoms with van der Waals surface area (Å²) in [5.74, 6) is 1.07. The zero-order valence-electron chi connectivity index (χ0n) is 16.1. The molecule has 1 aliphatic heterocycles. The first-order valence-electron chi connectivity index (χ1n) is 9.19. The van der Waals surface area contributed by atoms with Crippen molar-refractivity contribution in [3.8, 4) is 11.1 Å². The van der Waals surface area contributed by atoms with Crippen LogP contribution in [0.15, 0.2) is 47.4 Å². The van der Waals surface area contributed by atoms with Gasteiger partial charge in [0.2, 0.25) is 5.91 Å². The van der Waals surface area contributed by atoms with E-state index in [2.05, 4.69) is 59.9 Å². The summed E-state index contributed by atoms with van der Waals surface area (Å²) in [6.07, 6.45) is 5.11. The number of benzene rings is 1. The predicted octanol–water partition coefficient (Wildman–Crippen LogP) is 4.60. The van der Waals surface area contributed by atoms with Crippen molar-refractivity contribution in [2.45, 2.75) is 39.2 Å². The smallest absolute Gasteiger partial charge is 0.230 e. The van der Waals surface area contributed by atoms with Gasteiger partial charge in [-0.15, -0.1) is 11.3 Å². The maximum atomic E-state index is 12.8. The Kier molecular flexibility index (Phi) is 4.30. The molecule has 2 aromatic heterocycles. The van der Waals surface area contributed by atoms with Crippen molar-refractivity contribution in [2.24, 2.45) is 0 Å². The number of aromatic nitrogens is 2. The monoisotopic (exact) mass is 380 g/mol. The SMILES string of the molecule is CC/C(C)=C1\N[C@](C)(c2csc3c(-c4cn[nH]c4)cccc23)CC(=O)N1C. The van der Waals surface area contributed by atoms with E-state index in [1.54, 1.807) is 16.2 Å². The molecule has 0 bridgehead atoms. The average molecular weight is 381 g/mol. The molecule has 27 heavy (non-hydrogen) atoms. The van der Waals surface area contributed by atoms with Crippen molar-refractivity contribution in [1.29, 1.82) is 0 Å². The van der Waals surface area contributed by atoms with Gasteiger partial charge in [-0.25, -0.2) is 0 Å². The van der Waals surface area contributed by atoms with Crippen LogP contribution in [0, 0.1) is 0 Å². The molecule has 1 aromatic carbocycles. The number of H-pyrrole nitrogens is 1. The molecule has 1 amide bonds. The molecule has 5 nitrogen and oxygen atoms in total. The van der Waals surface area contributed by atoms with Crippen LogP contribution in [0.4, 0.5) is 0 Å². The number of hydrogen-bond donors (Lipinski definition) is 2. The molecule has 0 saturated carbocycles. The van der Waals surface area contributed by atoms with E-state index in [0.29, 0.717) is 6.42 Å². The largest absolute Gasteiger partial charge is 0.362 e. The number of nitrogens with one attached hydrogen (secondary N) is 2. The topological polar surface area (TPSA) is 61.0 Å². The molecule has 1 aliphatic rings. The Bertz CT molecular complexity index is 1030. The second-order valence-electron chi connectivity index (χ2n) is 7.39. The highest BCUT2D eigenvalue weighted by Crippen LogP contribution is 2.42. The lowest BCUT2D eigenvalue weighted by atomic mass is 9.85. The van der Waals surface area contributed by atoms with Crippen molar-refractivity contribution < 1.29 is 4.79 Å². The maximum Gasteiger partial charge on any atom is 0.230 e. The molecule has 1 fully saturated rings. The highest BCUT2D eigenvalue weighted by molar-refractivity contribution is 7.18. The van der Waals surface area contributed by atoms with Crippen molar-refractivity contribution in [3.05, 3.63) is 52.9 Å². The third kappa shape index (κ3) is 2.84. The Balaban J connectivity index is 1.85.